The van der Waals surface area contributed by atoms with Gasteiger partial charge < -0.3 is 9.31 Å². The van der Waals surface area contributed by atoms with Gasteiger partial charge in [0, 0.05) is 17.2 Å². The Balaban J connectivity index is 1.99. The zero-order chi connectivity index (χ0) is 29.5. The highest BCUT2D eigenvalue weighted by molar-refractivity contribution is 6.63. The lowest BCUT2D eigenvalue weighted by Gasteiger charge is -2.39. The molecule has 39 heavy (non-hydrogen) atoms. The summed E-state index contributed by atoms with van der Waals surface area (Å²) in [6.45, 7) is 19.2. The highest BCUT2D eigenvalue weighted by Gasteiger charge is 2.53. The van der Waals surface area contributed by atoms with Crippen LogP contribution < -0.4 is 10.9 Å². The molecular formula is C29H40BN3O6. The van der Waals surface area contributed by atoms with E-state index in [0.717, 1.165) is 11.1 Å². The molecule has 0 aliphatic carbocycles. The third-order valence-electron chi connectivity index (χ3n) is 7.60. The number of nitrogens with zero attached hydrogens (tertiary/aromatic N) is 2. The molecule has 0 unspecified atom stereocenters. The van der Waals surface area contributed by atoms with E-state index in [0.29, 0.717) is 12.0 Å². The van der Waals surface area contributed by atoms with E-state index in [2.05, 4.69) is 5.43 Å². The Bertz CT molecular complexity index is 1250. The number of nitro groups is 1. The van der Waals surface area contributed by atoms with E-state index in [1.807, 2.05) is 75.3 Å². The van der Waals surface area contributed by atoms with Gasteiger partial charge in [0.15, 0.2) is 0 Å². The smallest absolute Gasteiger partial charge is 0.399 e. The molecule has 1 atom stereocenters. The van der Waals surface area contributed by atoms with E-state index in [4.69, 9.17) is 9.31 Å². The number of hydrogen-bond donors (Lipinski definition) is 1. The molecule has 0 bridgehead atoms. The van der Waals surface area contributed by atoms with Crippen LogP contribution in [-0.2, 0) is 9.31 Å². The van der Waals surface area contributed by atoms with Gasteiger partial charge in [-0.15, -0.1) is 0 Å². The third-order valence-corrected chi connectivity index (χ3v) is 7.60. The molecule has 1 N–H and O–H groups in total. The molecule has 2 amide bonds. The largest absolute Gasteiger partial charge is 0.501 e. The average Bonchev–Trinajstić information content (AvgIpc) is 3.02. The molecule has 0 spiro atoms. The fraction of sp³-hybridized carbons (Fsp3) is 0.517. The third kappa shape index (κ3) is 6.33. The minimum Gasteiger partial charge on any atom is -0.399 e. The summed E-state index contributed by atoms with van der Waals surface area (Å²) in [4.78, 5) is 38.7. The zero-order valence-electron chi connectivity index (χ0n) is 24.7. The predicted octanol–water partition coefficient (Wildman–Crippen LogP) is 5.12. The van der Waals surface area contributed by atoms with E-state index >= 15 is 0 Å². The molecule has 10 heteroatoms. The number of aryl methyl sites for hydroxylation is 2. The van der Waals surface area contributed by atoms with Gasteiger partial charge in [-0.3, -0.25) is 25.1 Å². The van der Waals surface area contributed by atoms with Crippen LogP contribution in [0, 0.1) is 29.4 Å². The molecule has 1 aliphatic heterocycles. The van der Waals surface area contributed by atoms with Crippen LogP contribution in [0.25, 0.3) is 0 Å². The van der Waals surface area contributed by atoms with Crippen LogP contribution in [0.15, 0.2) is 36.4 Å². The summed E-state index contributed by atoms with van der Waals surface area (Å²) in [6, 6.07) is 9.37. The minimum atomic E-state index is -0.958. The second-order valence-corrected chi connectivity index (χ2v) is 12.4. The molecule has 3 rings (SSSR count). The molecule has 1 fully saturated rings. The molecule has 2 aromatic rings. The SMILES string of the molecule is CC[C@@H](N(NC(=O)c1ccc(B2OC(C)(C)C(C)(C)O2)c([N+](=O)[O-])c1)C(=O)c1cc(C)cc(C)c1)C(C)(C)C. The summed E-state index contributed by atoms with van der Waals surface area (Å²) >= 11 is 0. The topological polar surface area (TPSA) is 111 Å². The van der Waals surface area contributed by atoms with E-state index in [-0.39, 0.29) is 34.1 Å². The lowest BCUT2D eigenvalue weighted by atomic mass is 9.77. The van der Waals surface area contributed by atoms with Crippen molar-refractivity contribution in [3.05, 3.63) is 68.8 Å². The number of amides is 2. The van der Waals surface area contributed by atoms with Crippen molar-refractivity contribution in [2.75, 3.05) is 0 Å². The number of hydrazine groups is 1. The first-order chi connectivity index (χ1) is 17.9. The Morgan fingerprint density at radius 2 is 1.54 bits per heavy atom. The first-order valence-corrected chi connectivity index (χ1v) is 13.2. The highest BCUT2D eigenvalue weighted by Crippen LogP contribution is 2.37. The van der Waals surface area contributed by atoms with Gasteiger partial charge in [-0.2, -0.15) is 0 Å². The minimum absolute atomic E-state index is 0.0453. The summed E-state index contributed by atoms with van der Waals surface area (Å²) in [6.07, 6.45) is 0.585. The van der Waals surface area contributed by atoms with E-state index in [9.17, 15) is 19.7 Å². The van der Waals surface area contributed by atoms with Gasteiger partial charge in [-0.25, -0.2) is 5.01 Å². The summed E-state index contributed by atoms with van der Waals surface area (Å²) in [5, 5.41) is 13.4. The van der Waals surface area contributed by atoms with Gasteiger partial charge in [0.05, 0.1) is 27.6 Å². The van der Waals surface area contributed by atoms with E-state index < -0.39 is 29.2 Å². The van der Waals surface area contributed by atoms with Crippen LogP contribution in [0.3, 0.4) is 0 Å². The average molecular weight is 537 g/mol. The van der Waals surface area contributed by atoms with Crippen molar-refractivity contribution in [1.29, 1.82) is 0 Å². The van der Waals surface area contributed by atoms with Gasteiger partial charge in [-0.05, 0) is 71.6 Å². The predicted molar refractivity (Wildman–Crippen MR) is 152 cm³/mol. The molecule has 2 aromatic carbocycles. The molecule has 1 aliphatic rings. The standard InChI is InChI=1S/C29H40BN3O6/c1-11-24(27(4,5)6)32(26(35)21-15-18(2)14-19(3)16-21)31-25(34)20-12-13-22(23(17-20)33(36)37)30-38-28(7,8)29(9,10)39-30/h12-17,24H,11H2,1-10H3,(H,31,34)/t24-/m1/s1. The van der Waals surface area contributed by atoms with Crippen LogP contribution in [-0.4, -0.2) is 46.1 Å². The van der Waals surface area contributed by atoms with Crippen LogP contribution >= 0.6 is 0 Å². The van der Waals surface area contributed by atoms with Crippen LogP contribution in [0.2, 0.25) is 0 Å². The summed E-state index contributed by atoms with van der Waals surface area (Å²) in [5.41, 5.74) is 3.34. The Labute approximate surface area is 231 Å². The van der Waals surface area contributed by atoms with Crippen molar-refractivity contribution in [3.8, 4) is 0 Å². The molecule has 0 aromatic heterocycles. The van der Waals surface area contributed by atoms with Crippen molar-refractivity contribution >= 4 is 30.1 Å². The van der Waals surface area contributed by atoms with Gasteiger partial charge in [0.1, 0.15) is 0 Å². The number of benzene rings is 2. The zero-order valence-corrected chi connectivity index (χ0v) is 24.7. The maximum Gasteiger partial charge on any atom is 0.501 e. The molecule has 1 heterocycles. The molecule has 1 saturated heterocycles. The summed E-state index contributed by atoms with van der Waals surface area (Å²) in [5.74, 6) is -0.973. The molecular weight excluding hydrogens is 497 g/mol. The molecule has 210 valence electrons. The van der Waals surface area contributed by atoms with Crippen LogP contribution in [0.1, 0.15) is 93.7 Å². The number of carbonyl (C=O) groups excluding carboxylic acids is 2. The molecule has 0 saturated carbocycles. The first kappa shape index (κ1) is 30.3. The van der Waals surface area contributed by atoms with Crippen molar-refractivity contribution < 1.29 is 23.8 Å². The second kappa shape index (κ2) is 10.7. The number of hydrogen-bond acceptors (Lipinski definition) is 6. The molecule has 0 radical (unpaired) electrons. The number of rotatable bonds is 6. The number of carbonyl (C=O) groups is 2. The highest BCUT2D eigenvalue weighted by atomic mass is 16.7. The van der Waals surface area contributed by atoms with Crippen LogP contribution in [0.4, 0.5) is 5.69 Å². The summed E-state index contributed by atoms with van der Waals surface area (Å²) < 4.78 is 12.0. The van der Waals surface area contributed by atoms with Gasteiger partial charge >= 0.3 is 7.12 Å². The van der Waals surface area contributed by atoms with Crippen molar-refractivity contribution in [2.24, 2.45) is 5.41 Å². The number of nitro benzene ring substituents is 1. The normalized spacial score (nSPS) is 17.0. The lowest BCUT2D eigenvalue weighted by molar-refractivity contribution is -0.383. The number of nitrogens with one attached hydrogen (secondary N) is 1. The lowest BCUT2D eigenvalue weighted by Crippen LogP contribution is -2.56. The van der Waals surface area contributed by atoms with Gasteiger partial charge in [0.25, 0.3) is 17.5 Å². The quantitative estimate of drug-likeness (QED) is 0.311. The van der Waals surface area contributed by atoms with E-state index in [1.54, 1.807) is 12.1 Å². The first-order valence-electron chi connectivity index (χ1n) is 13.2. The van der Waals surface area contributed by atoms with Crippen molar-refractivity contribution in [2.45, 2.75) is 92.9 Å². The fourth-order valence-corrected chi connectivity index (χ4v) is 4.88. The maximum absolute atomic E-state index is 13.8. The van der Waals surface area contributed by atoms with Crippen molar-refractivity contribution in [1.82, 2.24) is 10.4 Å². The van der Waals surface area contributed by atoms with Gasteiger partial charge in [0.2, 0.25) is 0 Å². The maximum atomic E-state index is 13.8. The van der Waals surface area contributed by atoms with Crippen molar-refractivity contribution in [3.63, 3.8) is 0 Å². The fourth-order valence-electron chi connectivity index (χ4n) is 4.88. The second-order valence-electron chi connectivity index (χ2n) is 12.4. The van der Waals surface area contributed by atoms with E-state index in [1.165, 1.54) is 23.2 Å². The molecule has 9 nitrogen and oxygen atoms in total. The Kier molecular flexibility index (Phi) is 8.34. The van der Waals surface area contributed by atoms with Crippen LogP contribution in [0.5, 0.6) is 0 Å². The Morgan fingerprint density at radius 1 is 1.00 bits per heavy atom. The van der Waals surface area contributed by atoms with Gasteiger partial charge in [-0.1, -0.05) is 51.0 Å². The monoisotopic (exact) mass is 537 g/mol. The Hall–Kier alpha value is -3.24. The summed E-state index contributed by atoms with van der Waals surface area (Å²) in [7, 11) is -0.958. The Morgan fingerprint density at radius 3 is 2.00 bits per heavy atom.